The predicted octanol–water partition coefficient (Wildman–Crippen LogP) is 5.54. The smallest absolute Gasteiger partial charge is 0.0325 e. The van der Waals surface area contributed by atoms with Crippen molar-refractivity contribution in [1.82, 2.24) is 5.32 Å². The molecule has 0 aromatic heterocycles. The zero-order chi connectivity index (χ0) is 15.0. The van der Waals surface area contributed by atoms with Crippen molar-refractivity contribution in [2.24, 2.45) is 17.8 Å². The van der Waals surface area contributed by atoms with Crippen molar-refractivity contribution < 1.29 is 0 Å². The van der Waals surface area contributed by atoms with Gasteiger partial charge in [-0.3, -0.25) is 0 Å². The van der Waals surface area contributed by atoms with Gasteiger partial charge in [-0.05, 0) is 86.6 Å². The second-order valence-corrected chi connectivity index (χ2v) is 8.09. The van der Waals surface area contributed by atoms with Crippen molar-refractivity contribution in [2.45, 2.75) is 58.9 Å². The molecular weight excluding hydrogens is 322 g/mol. The lowest BCUT2D eigenvalue weighted by Crippen LogP contribution is -2.26. The standard InChI is InChI=1S/C19H28BrN/c1-4-21-19(11-16-10-14-5-6-15(16)9-14)17-7-13(3)18(20)8-12(17)2/h7-8,14-16,19,21H,4-6,9-11H2,1-3H3. The van der Waals surface area contributed by atoms with Crippen LogP contribution in [0.5, 0.6) is 0 Å². The van der Waals surface area contributed by atoms with E-state index in [1.807, 2.05) is 0 Å². The van der Waals surface area contributed by atoms with Crippen LogP contribution < -0.4 is 5.32 Å². The van der Waals surface area contributed by atoms with Gasteiger partial charge in [-0.25, -0.2) is 0 Å². The van der Waals surface area contributed by atoms with E-state index < -0.39 is 0 Å². The van der Waals surface area contributed by atoms with Crippen molar-refractivity contribution in [3.05, 3.63) is 33.3 Å². The van der Waals surface area contributed by atoms with E-state index in [0.717, 1.165) is 24.3 Å². The van der Waals surface area contributed by atoms with Crippen LogP contribution in [-0.4, -0.2) is 6.54 Å². The van der Waals surface area contributed by atoms with Crippen LogP contribution in [0.15, 0.2) is 16.6 Å². The molecule has 0 saturated heterocycles. The first-order valence-electron chi connectivity index (χ1n) is 8.58. The van der Waals surface area contributed by atoms with Gasteiger partial charge in [0.2, 0.25) is 0 Å². The lowest BCUT2D eigenvalue weighted by molar-refractivity contribution is 0.280. The number of halogens is 1. The third-order valence-electron chi connectivity index (χ3n) is 5.80. The van der Waals surface area contributed by atoms with Gasteiger partial charge < -0.3 is 5.32 Å². The second kappa shape index (κ2) is 6.42. The molecule has 4 atom stereocenters. The molecule has 2 aliphatic carbocycles. The van der Waals surface area contributed by atoms with E-state index in [0.29, 0.717) is 6.04 Å². The molecule has 2 heteroatoms. The number of rotatable bonds is 5. The molecule has 2 bridgehead atoms. The molecule has 0 radical (unpaired) electrons. The van der Waals surface area contributed by atoms with Crippen molar-refractivity contribution >= 4 is 15.9 Å². The normalized spacial score (nSPS) is 29.0. The molecule has 2 fully saturated rings. The minimum atomic E-state index is 0.533. The summed E-state index contributed by atoms with van der Waals surface area (Å²) < 4.78 is 1.24. The summed E-state index contributed by atoms with van der Waals surface area (Å²) in [7, 11) is 0. The van der Waals surface area contributed by atoms with E-state index in [1.54, 1.807) is 0 Å². The highest BCUT2D eigenvalue weighted by atomic mass is 79.9. The Balaban J connectivity index is 1.79. The van der Waals surface area contributed by atoms with Gasteiger partial charge in [0.25, 0.3) is 0 Å². The van der Waals surface area contributed by atoms with Crippen molar-refractivity contribution in [2.75, 3.05) is 6.54 Å². The summed E-state index contributed by atoms with van der Waals surface area (Å²) in [4.78, 5) is 0. The van der Waals surface area contributed by atoms with Crippen LogP contribution >= 0.6 is 15.9 Å². The fourth-order valence-electron chi connectivity index (χ4n) is 4.71. The predicted molar refractivity (Wildman–Crippen MR) is 93.6 cm³/mol. The van der Waals surface area contributed by atoms with Gasteiger partial charge in [0.1, 0.15) is 0 Å². The molecule has 1 aromatic carbocycles. The summed E-state index contributed by atoms with van der Waals surface area (Å²) in [6.45, 7) is 7.74. The van der Waals surface area contributed by atoms with E-state index in [1.165, 1.54) is 53.3 Å². The van der Waals surface area contributed by atoms with Gasteiger partial charge in [-0.2, -0.15) is 0 Å². The summed E-state index contributed by atoms with van der Waals surface area (Å²) >= 11 is 3.66. The Kier molecular flexibility index (Phi) is 4.75. The lowest BCUT2D eigenvalue weighted by atomic mass is 9.82. The van der Waals surface area contributed by atoms with Gasteiger partial charge in [-0.15, -0.1) is 0 Å². The van der Waals surface area contributed by atoms with Gasteiger partial charge >= 0.3 is 0 Å². The molecule has 1 nitrogen and oxygen atoms in total. The first-order valence-corrected chi connectivity index (χ1v) is 9.37. The van der Waals surface area contributed by atoms with Crippen LogP contribution in [0.4, 0.5) is 0 Å². The zero-order valence-electron chi connectivity index (χ0n) is 13.6. The Morgan fingerprint density at radius 1 is 1.19 bits per heavy atom. The molecule has 4 unspecified atom stereocenters. The summed E-state index contributed by atoms with van der Waals surface area (Å²) in [5.41, 5.74) is 4.29. The Bertz CT molecular complexity index is 511. The Hall–Kier alpha value is -0.340. The van der Waals surface area contributed by atoms with E-state index in [-0.39, 0.29) is 0 Å². The molecular formula is C19H28BrN. The Labute approximate surface area is 138 Å². The van der Waals surface area contributed by atoms with Crippen LogP contribution in [0.3, 0.4) is 0 Å². The minimum absolute atomic E-state index is 0.533. The molecule has 2 aliphatic rings. The SMILES string of the molecule is CCNC(CC1CC2CCC1C2)c1cc(C)c(Br)cc1C. The van der Waals surface area contributed by atoms with Gasteiger partial charge in [0.15, 0.2) is 0 Å². The molecule has 1 aromatic rings. The van der Waals surface area contributed by atoms with Crippen LogP contribution in [0.1, 0.15) is 61.8 Å². The molecule has 2 saturated carbocycles. The molecule has 0 aliphatic heterocycles. The van der Waals surface area contributed by atoms with E-state index in [4.69, 9.17) is 0 Å². The average molecular weight is 350 g/mol. The number of hydrogen-bond acceptors (Lipinski definition) is 1. The number of benzene rings is 1. The van der Waals surface area contributed by atoms with Crippen LogP contribution in [0.25, 0.3) is 0 Å². The zero-order valence-corrected chi connectivity index (χ0v) is 15.2. The van der Waals surface area contributed by atoms with Gasteiger partial charge in [-0.1, -0.05) is 35.3 Å². The third kappa shape index (κ3) is 3.22. The fourth-order valence-corrected chi connectivity index (χ4v) is 5.17. The number of nitrogens with one attached hydrogen (secondary N) is 1. The molecule has 1 N–H and O–H groups in total. The van der Waals surface area contributed by atoms with Crippen molar-refractivity contribution in [3.8, 4) is 0 Å². The maximum Gasteiger partial charge on any atom is 0.0325 e. The first-order chi connectivity index (χ1) is 10.1. The Morgan fingerprint density at radius 3 is 2.62 bits per heavy atom. The van der Waals surface area contributed by atoms with E-state index in [9.17, 15) is 0 Å². The topological polar surface area (TPSA) is 12.0 Å². The molecule has 3 rings (SSSR count). The van der Waals surface area contributed by atoms with Crippen LogP contribution in [0, 0.1) is 31.6 Å². The quantitative estimate of drug-likeness (QED) is 0.735. The van der Waals surface area contributed by atoms with Crippen LogP contribution in [0.2, 0.25) is 0 Å². The highest BCUT2D eigenvalue weighted by Crippen LogP contribution is 2.51. The molecule has 0 amide bonds. The van der Waals surface area contributed by atoms with Crippen LogP contribution in [-0.2, 0) is 0 Å². The highest BCUT2D eigenvalue weighted by Gasteiger charge is 2.40. The Morgan fingerprint density at radius 2 is 2.00 bits per heavy atom. The third-order valence-corrected chi connectivity index (χ3v) is 6.65. The van der Waals surface area contributed by atoms with Gasteiger partial charge in [0.05, 0.1) is 0 Å². The molecule has 116 valence electrons. The van der Waals surface area contributed by atoms with Gasteiger partial charge in [0, 0.05) is 10.5 Å². The summed E-state index contributed by atoms with van der Waals surface area (Å²) in [6.07, 6.45) is 7.33. The first kappa shape index (κ1) is 15.6. The monoisotopic (exact) mass is 349 g/mol. The average Bonchev–Trinajstić information content (AvgIpc) is 3.05. The number of hydrogen-bond donors (Lipinski definition) is 1. The maximum atomic E-state index is 3.76. The van der Waals surface area contributed by atoms with E-state index in [2.05, 4.69) is 54.2 Å². The number of aryl methyl sites for hydroxylation is 2. The number of fused-ring (bicyclic) bond motifs is 2. The molecule has 0 spiro atoms. The van der Waals surface area contributed by atoms with Crippen molar-refractivity contribution in [3.63, 3.8) is 0 Å². The molecule has 0 heterocycles. The van der Waals surface area contributed by atoms with E-state index >= 15 is 0 Å². The lowest BCUT2D eigenvalue weighted by Gasteiger charge is -2.29. The summed E-state index contributed by atoms with van der Waals surface area (Å²) in [5.74, 6) is 3.03. The second-order valence-electron chi connectivity index (χ2n) is 7.24. The highest BCUT2D eigenvalue weighted by molar-refractivity contribution is 9.10. The fraction of sp³-hybridized carbons (Fsp3) is 0.684. The largest absolute Gasteiger partial charge is 0.310 e. The minimum Gasteiger partial charge on any atom is -0.310 e. The summed E-state index contributed by atoms with van der Waals surface area (Å²) in [6, 6.07) is 5.21. The summed E-state index contributed by atoms with van der Waals surface area (Å²) in [5, 5.41) is 3.76. The maximum absolute atomic E-state index is 3.76. The van der Waals surface area contributed by atoms with Crippen molar-refractivity contribution in [1.29, 1.82) is 0 Å². The molecule has 21 heavy (non-hydrogen) atoms.